The highest BCUT2D eigenvalue weighted by Crippen LogP contribution is 2.40. The highest BCUT2D eigenvalue weighted by molar-refractivity contribution is 7.20. The number of halogens is 2. The number of hydrogen-bond donors (Lipinski definition) is 1. The molecule has 146 valence electrons. The van der Waals surface area contributed by atoms with E-state index in [1.165, 1.54) is 6.92 Å². The van der Waals surface area contributed by atoms with Crippen LogP contribution in [0, 0.1) is 18.8 Å². The standard InChI is InChI=1S/C22H22F2N2OS/c1-5-6-16-8-10-19-17(11-16)15(3)18(28-19)9-7-14(2)21(4)22(23,24)13-27-12-20(25)26-21/h7-11H,2,12-13H2,1,3-4H3,(H2,25,26)/b9-7-/t21-/m1/s1. The summed E-state index contributed by atoms with van der Waals surface area (Å²) in [6.45, 7) is 8.16. The molecule has 2 N–H and O–H groups in total. The van der Waals surface area contributed by atoms with Gasteiger partial charge < -0.3 is 10.5 Å². The first-order chi connectivity index (χ1) is 13.2. The van der Waals surface area contributed by atoms with Crippen LogP contribution < -0.4 is 5.73 Å². The molecule has 1 aliphatic rings. The quantitative estimate of drug-likeness (QED) is 0.586. The number of benzene rings is 1. The molecule has 0 radical (unpaired) electrons. The van der Waals surface area contributed by atoms with Crippen molar-refractivity contribution in [1.82, 2.24) is 0 Å². The van der Waals surface area contributed by atoms with Crippen LogP contribution in [0.2, 0.25) is 0 Å². The Morgan fingerprint density at radius 1 is 1.43 bits per heavy atom. The van der Waals surface area contributed by atoms with Crippen molar-refractivity contribution < 1.29 is 13.5 Å². The number of fused-ring (bicyclic) bond motifs is 1. The van der Waals surface area contributed by atoms with Gasteiger partial charge in [0.05, 0.1) is 0 Å². The summed E-state index contributed by atoms with van der Waals surface area (Å²) < 4.78 is 35.3. The number of alkyl halides is 2. The van der Waals surface area contributed by atoms with Crippen LogP contribution in [0.15, 0.2) is 41.4 Å². The Hall–Kier alpha value is -2.49. The summed E-state index contributed by atoms with van der Waals surface area (Å²) in [4.78, 5) is 5.01. The molecule has 1 aromatic heterocycles. The fourth-order valence-corrected chi connectivity index (χ4v) is 4.19. The molecule has 2 aromatic rings. The number of amidine groups is 1. The van der Waals surface area contributed by atoms with Gasteiger partial charge in [0.25, 0.3) is 5.92 Å². The Morgan fingerprint density at radius 2 is 2.18 bits per heavy atom. The van der Waals surface area contributed by atoms with Gasteiger partial charge in [-0.2, -0.15) is 0 Å². The fraction of sp³-hybridized carbons (Fsp3) is 0.318. The Bertz CT molecular complexity index is 1060. The number of aryl methyl sites for hydroxylation is 1. The van der Waals surface area contributed by atoms with Gasteiger partial charge in [-0.3, -0.25) is 4.99 Å². The molecule has 0 amide bonds. The van der Waals surface area contributed by atoms with Crippen LogP contribution >= 0.6 is 11.3 Å². The lowest BCUT2D eigenvalue weighted by atomic mass is 9.86. The molecule has 6 heteroatoms. The molecule has 1 aromatic carbocycles. The first-order valence-electron chi connectivity index (χ1n) is 8.81. The van der Waals surface area contributed by atoms with Crippen molar-refractivity contribution in [1.29, 1.82) is 0 Å². The van der Waals surface area contributed by atoms with E-state index in [1.807, 2.05) is 31.2 Å². The van der Waals surface area contributed by atoms with Gasteiger partial charge >= 0.3 is 0 Å². The molecule has 0 saturated heterocycles. The van der Waals surface area contributed by atoms with Gasteiger partial charge in [-0.15, -0.1) is 17.3 Å². The van der Waals surface area contributed by atoms with Gasteiger partial charge in [0.2, 0.25) is 0 Å². The largest absolute Gasteiger partial charge is 0.385 e. The maximum absolute atomic E-state index is 14.6. The molecule has 0 saturated carbocycles. The average molecular weight is 400 g/mol. The second kappa shape index (κ2) is 7.50. The zero-order valence-corrected chi connectivity index (χ0v) is 16.9. The highest BCUT2D eigenvalue weighted by Gasteiger charge is 2.53. The summed E-state index contributed by atoms with van der Waals surface area (Å²) in [7, 11) is 0. The fourth-order valence-electron chi connectivity index (χ4n) is 3.09. The van der Waals surface area contributed by atoms with E-state index in [9.17, 15) is 8.78 Å². The Labute approximate surface area is 167 Å². The minimum absolute atomic E-state index is 0.0387. The number of hydrogen-bond acceptors (Lipinski definition) is 4. The molecule has 3 nitrogen and oxygen atoms in total. The molecule has 0 fully saturated rings. The third-order valence-corrected chi connectivity index (χ3v) is 6.15. The number of ether oxygens (including phenoxy) is 1. The average Bonchev–Trinajstić information content (AvgIpc) is 2.89. The third kappa shape index (κ3) is 3.60. The minimum Gasteiger partial charge on any atom is -0.385 e. The normalized spacial score (nSPS) is 21.8. The Morgan fingerprint density at radius 3 is 2.89 bits per heavy atom. The summed E-state index contributed by atoms with van der Waals surface area (Å²) in [5.74, 6) is 2.78. The number of thiophene rings is 1. The van der Waals surface area contributed by atoms with Gasteiger partial charge in [0.1, 0.15) is 24.6 Å². The SMILES string of the molecule is C=C(/C=C\c1sc2ccc(C#CC)cc2c1C)[C@@]1(C)N=C(N)COCC1(F)F. The molecule has 0 bridgehead atoms. The first kappa shape index (κ1) is 20.2. The van der Waals surface area contributed by atoms with Gasteiger partial charge in [0, 0.05) is 15.1 Å². The third-order valence-electron chi connectivity index (χ3n) is 4.92. The molecule has 0 unspecified atom stereocenters. The lowest BCUT2D eigenvalue weighted by Gasteiger charge is -2.33. The molecular weight excluding hydrogens is 378 g/mol. The molecule has 0 aliphatic carbocycles. The van der Waals surface area contributed by atoms with Crippen molar-refractivity contribution in [2.24, 2.45) is 10.7 Å². The second-order valence-corrected chi connectivity index (χ2v) is 7.99. The van der Waals surface area contributed by atoms with Crippen molar-refractivity contribution in [3.63, 3.8) is 0 Å². The van der Waals surface area contributed by atoms with Gasteiger partial charge in [0.15, 0.2) is 0 Å². The van der Waals surface area contributed by atoms with E-state index in [0.717, 1.165) is 26.1 Å². The van der Waals surface area contributed by atoms with Gasteiger partial charge in [-0.05, 0) is 61.6 Å². The monoisotopic (exact) mass is 400 g/mol. The molecule has 0 spiro atoms. The van der Waals surface area contributed by atoms with Crippen molar-refractivity contribution in [2.75, 3.05) is 13.2 Å². The molecular formula is C22H22F2N2OS. The topological polar surface area (TPSA) is 47.6 Å². The van der Waals surface area contributed by atoms with E-state index in [1.54, 1.807) is 24.3 Å². The minimum atomic E-state index is -3.21. The van der Waals surface area contributed by atoms with Crippen LogP contribution in [0.5, 0.6) is 0 Å². The van der Waals surface area contributed by atoms with E-state index in [-0.39, 0.29) is 18.0 Å². The molecule has 28 heavy (non-hydrogen) atoms. The smallest absolute Gasteiger partial charge is 0.299 e. The predicted molar refractivity (Wildman–Crippen MR) is 113 cm³/mol. The Balaban J connectivity index is 1.96. The van der Waals surface area contributed by atoms with E-state index in [0.29, 0.717) is 0 Å². The van der Waals surface area contributed by atoms with Gasteiger partial charge in [-0.1, -0.05) is 18.6 Å². The zero-order chi connectivity index (χ0) is 20.5. The van der Waals surface area contributed by atoms with Crippen molar-refractivity contribution in [2.45, 2.75) is 32.2 Å². The number of rotatable bonds is 3. The number of nitrogens with zero attached hydrogens (tertiary/aromatic N) is 1. The van der Waals surface area contributed by atoms with Gasteiger partial charge in [-0.25, -0.2) is 8.78 Å². The van der Waals surface area contributed by atoms with Crippen LogP contribution in [0.25, 0.3) is 16.2 Å². The molecule has 1 atom stereocenters. The summed E-state index contributed by atoms with van der Waals surface area (Å²) in [6, 6.07) is 6.06. The molecule has 2 heterocycles. The maximum Gasteiger partial charge on any atom is 0.299 e. The van der Waals surface area contributed by atoms with Crippen molar-refractivity contribution in [3.05, 3.63) is 52.4 Å². The lowest BCUT2D eigenvalue weighted by molar-refractivity contribution is -0.101. The van der Waals surface area contributed by atoms with E-state index >= 15 is 0 Å². The lowest BCUT2D eigenvalue weighted by Crippen LogP contribution is -2.47. The van der Waals surface area contributed by atoms with Crippen molar-refractivity contribution in [3.8, 4) is 11.8 Å². The first-order valence-corrected chi connectivity index (χ1v) is 9.63. The zero-order valence-electron chi connectivity index (χ0n) is 16.1. The van der Waals surface area contributed by atoms with Crippen LogP contribution in [-0.4, -0.2) is 30.5 Å². The predicted octanol–water partition coefficient (Wildman–Crippen LogP) is 4.93. The van der Waals surface area contributed by atoms with Crippen LogP contribution in [0.1, 0.15) is 29.9 Å². The maximum atomic E-state index is 14.6. The summed E-state index contributed by atoms with van der Waals surface area (Å²) in [6.07, 6.45) is 3.41. The van der Waals surface area contributed by atoms with Crippen LogP contribution in [-0.2, 0) is 4.74 Å². The van der Waals surface area contributed by atoms with E-state index < -0.39 is 18.1 Å². The second-order valence-electron chi connectivity index (χ2n) is 6.91. The van der Waals surface area contributed by atoms with E-state index in [4.69, 9.17) is 10.5 Å². The van der Waals surface area contributed by atoms with Crippen LogP contribution in [0.4, 0.5) is 8.78 Å². The van der Waals surface area contributed by atoms with Crippen molar-refractivity contribution >= 4 is 33.3 Å². The highest BCUT2D eigenvalue weighted by atomic mass is 32.1. The molecule has 1 aliphatic heterocycles. The molecule has 3 rings (SSSR count). The number of aliphatic imine (C=N–C) groups is 1. The van der Waals surface area contributed by atoms with Crippen LogP contribution in [0.3, 0.4) is 0 Å². The van der Waals surface area contributed by atoms with E-state index in [2.05, 4.69) is 23.4 Å². The Kier molecular flexibility index (Phi) is 5.42. The summed E-state index contributed by atoms with van der Waals surface area (Å²) in [5.41, 5.74) is 6.07. The number of nitrogens with two attached hydrogens (primary N) is 1. The summed E-state index contributed by atoms with van der Waals surface area (Å²) >= 11 is 1.59. The summed E-state index contributed by atoms with van der Waals surface area (Å²) in [5, 5.41) is 1.11.